The van der Waals surface area contributed by atoms with Gasteiger partial charge in [-0.15, -0.1) is 0 Å². The number of aryl methyl sites for hydroxylation is 2. The van der Waals surface area contributed by atoms with E-state index < -0.39 is 11.9 Å². The lowest BCUT2D eigenvalue weighted by molar-refractivity contribution is -0.145. The Morgan fingerprint density at radius 2 is 1.82 bits per heavy atom. The minimum atomic E-state index is -0.478. The molecule has 0 aromatic heterocycles. The van der Waals surface area contributed by atoms with Crippen molar-refractivity contribution in [1.82, 2.24) is 0 Å². The van der Waals surface area contributed by atoms with E-state index in [1.807, 2.05) is 32.0 Å². The lowest BCUT2D eigenvalue weighted by Gasteiger charge is -2.07. The van der Waals surface area contributed by atoms with E-state index in [2.05, 4.69) is 5.32 Å². The van der Waals surface area contributed by atoms with E-state index in [1.165, 1.54) is 6.08 Å². The minimum absolute atomic E-state index is 0.0154. The zero-order valence-corrected chi connectivity index (χ0v) is 16.1. The van der Waals surface area contributed by atoms with Crippen LogP contribution in [0.5, 0.6) is 5.75 Å². The molecule has 2 rings (SSSR count). The molecule has 0 fully saturated rings. The van der Waals surface area contributed by atoms with Crippen molar-refractivity contribution in [2.45, 2.75) is 20.8 Å². The quantitative estimate of drug-likeness (QED) is 0.450. The summed E-state index contributed by atoms with van der Waals surface area (Å²) in [6.45, 7) is 5.79. The van der Waals surface area contributed by atoms with Crippen LogP contribution in [0.15, 0.2) is 48.0 Å². The first-order valence-corrected chi connectivity index (χ1v) is 8.81. The molecule has 2 aromatic rings. The maximum atomic E-state index is 12.4. The summed E-state index contributed by atoms with van der Waals surface area (Å²) in [6, 6.07) is 14.2. The molecule has 0 aliphatic rings. The van der Waals surface area contributed by atoms with Crippen molar-refractivity contribution in [3.63, 3.8) is 0 Å². The molecular formula is C22H22N2O4. The Morgan fingerprint density at radius 1 is 1.11 bits per heavy atom. The molecule has 0 unspecified atom stereocenters. The summed E-state index contributed by atoms with van der Waals surface area (Å²) in [5.41, 5.74) is 3.46. The molecule has 0 atom stereocenters. The number of nitriles is 1. The number of nitrogens with zero attached hydrogens (tertiary/aromatic N) is 1. The number of amides is 1. The van der Waals surface area contributed by atoms with Crippen LogP contribution in [0.4, 0.5) is 5.69 Å². The van der Waals surface area contributed by atoms with Crippen molar-refractivity contribution < 1.29 is 19.1 Å². The van der Waals surface area contributed by atoms with Gasteiger partial charge >= 0.3 is 5.97 Å². The maximum Gasteiger partial charge on any atom is 0.344 e. The summed E-state index contributed by atoms with van der Waals surface area (Å²) in [7, 11) is 0. The molecule has 1 N–H and O–H groups in total. The molecule has 1 amide bonds. The van der Waals surface area contributed by atoms with Gasteiger partial charge in [0.25, 0.3) is 5.91 Å². The number of carbonyl (C=O) groups excluding carboxylic acids is 2. The Bertz CT molecular complexity index is 925. The van der Waals surface area contributed by atoms with E-state index in [9.17, 15) is 14.9 Å². The molecule has 144 valence electrons. The summed E-state index contributed by atoms with van der Waals surface area (Å²) in [5, 5.41) is 12.1. The second-order valence-electron chi connectivity index (χ2n) is 6.09. The summed E-state index contributed by atoms with van der Waals surface area (Å²) in [4.78, 5) is 23.7. The van der Waals surface area contributed by atoms with Gasteiger partial charge in [0.05, 0.1) is 6.61 Å². The molecule has 0 aliphatic carbocycles. The normalized spacial score (nSPS) is 10.7. The van der Waals surface area contributed by atoms with E-state index in [-0.39, 0.29) is 12.2 Å². The largest absolute Gasteiger partial charge is 0.482 e. The average molecular weight is 378 g/mol. The fourth-order valence-electron chi connectivity index (χ4n) is 2.34. The van der Waals surface area contributed by atoms with Gasteiger partial charge in [0.15, 0.2) is 6.61 Å². The van der Waals surface area contributed by atoms with Gasteiger partial charge in [-0.3, -0.25) is 4.79 Å². The monoisotopic (exact) mass is 378 g/mol. The number of hydrogen-bond acceptors (Lipinski definition) is 5. The van der Waals surface area contributed by atoms with Gasteiger partial charge in [-0.25, -0.2) is 4.79 Å². The number of nitrogens with one attached hydrogen (secondary N) is 1. The van der Waals surface area contributed by atoms with E-state index in [0.717, 1.165) is 11.1 Å². The van der Waals surface area contributed by atoms with Crippen molar-refractivity contribution >= 4 is 23.6 Å². The molecule has 6 heteroatoms. The van der Waals surface area contributed by atoms with Crippen LogP contribution < -0.4 is 10.1 Å². The molecule has 0 saturated carbocycles. The number of ether oxygens (including phenoxy) is 2. The summed E-state index contributed by atoms with van der Waals surface area (Å²) in [5.74, 6) is -0.432. The predicted molar refractivity (Wildman–Crippen MR) is 107 cm³/mol. The summed E-state index contributed by atoms with van der Waals surface area (Å²) >= 11 is 0. The molecule has 28 heavy (non-hydrogen) atoms. The number of rotatable bonds is 7. The van der Waals surface area contributed by atoms with E-state index in [0.29, 0.717) is 23.6 Å². The van der Waals surface area contributed by atoms with Gasteiger partial charge in [-0.1, -0.05) is 18.2 Å². The zero-order valence-electron chi connectivity index (χ0n) is 16.1. The SMILES string of the molecule is CCOC(=O)COc1ccc(/C=C(\C#N)C(=O)Nc2ccc(C)c(C)c2)cc1. The fourth-order valence-corrected chi connectivity index (χ4v) is 2.34. The van der Waals surface area contributed by atoms with Crippen molar-refractivity contribution in [3.8, 4) is 11.8 Å². The number of anilines is 1. The van der Waals surface area contributed by atoms with Crippen LogP contribution in [0.1, 0.15) is 23.6 Å². The Morgan fingerprint density at radius 3 is 2.43 bits per heavy atom. The highest BCUT2D eigenvalue weighted by molar-refractivity contribution is 6.09. The second kappa shape index (κ2) is 9.93. The Balaban J connectivity index is 2.04. The third-order valence-electron chi connectivity index (χ3n) is 3.98. The predicted octanol–water partition coefficient (Wildman–Crippen LogP) is 3.79. The second-order valence-corrected chi connectivity index (χ2v) is 6.09. The van der Waals surface area contributed by atoms with E-state index in [1.54, 1.807) is 37.3 Å². The van der Waals surface area contributed by atoms with Crippen LogP contribution in [0, 0.1) is 25.2 Å². The summed E-state index contributed by atoms with van der Waals surface area (Å²) in [6.07, 6.45) is 1.49. The van der Waals surface area contributed by atoms with Gasteiger partial charge < -0.3 is 14.8 Å². The molecule has 0 bridgehead atoms. The van der Waals surface area contributed by atoms with Gasteiger partial charge in [-0.05, 0) is 67.8 Å². The Kier molecular flexibility index (Phi) is 7.35. The molecule has 0 saturated heterocycles. The highest BCUT2D eigenvalue weighted by atomic mass is 16.6. The van der Waals surface area contributed by atoms with Crippen LogP contribution in [0.25, 0.3) is 6.08 Å². The Hall–Kier alpha value is -3.59. The highest BCUT2D eigenvalue weighted by Crippen LogP contribution is 2.17. The lowest BCUT2D eigenvalue weighted by atomic mass is 10.1. The van der Waals surface area contributed by atoms with Crippen LogP contribution in [0.2, 0.25) is 0 Å². The van der Waals surface area contributed by atoms with Crippen LogP contribution in [-0.4, -0.2) is 25.1 Å². The van der Waals surface area contributed by atoms with Crippen molar-refractivity contribution in [1.29, 1.82) is 5.26 Å². The maximum absolute atomic E-state index is 12.4. The van der Waals surface area contributed by atoms with Crippen LogP contribution >= 0.6 is 0 Å². The van der Waals surface area contributed by atoms with Crippen molar-refractivity contribution in [2.24, 2.45) is 0 Å². The average Bonchev–Trinajstić information content (AvgIpc) is 2.68. The minimum Gasteiger partial charge on any atom is -0.482 e. The van der Waals surface area contributed by atoms with Crippen molar-refractivity contribution in [3.05, 3.63) is 64.7 Å². The summed E-state index contributed by atoms with van der Waals surface area (Å²) < 4.78 is 10.1. The van der Waals surface area contributed by atoms with E-state index >= 15 is 0 Å². The van der Waals surface area contributed by atoms with E-state index in [4.69, 9.17) is 9.47 Å². The number of hydrogen-bond donors (Lipinski definition) is 1. The molecule has 0 heterocycles. The van der Waals surface area contributed by atoms with Crippen LogP contribution in [-0.2, 0) is 14.3 Å². The smallest absolute Gasteiger partial charge is 0.344 e. The molecule has 2 aromatic carbocycles. The first-order valence-electron chi connectivity index (χ1n) is 8.81. The van der Waals surface area contributed by atoms with Gasteiger partial charge in [0.2, 0.25) is 0 Å². The molecule has 0 spiro atoms. The molecule has 0 aliphatic heterocycles. The fraction of sp³-hybridized carbons (Fsp3) is 0.227. The highest BCUT2D eigenvalue weighted by Gasteiger charge is 2.10. The van der Waals surface area contributed by atoms with Gasteiger partial charge in [0, 0.05) is 5.69 Å². The van der Waals surface area contributed by atoms with Crippen LogP contribution in [0.3, 0.4) is 0 Å². The zero-order chi connectivity index (χ0) is 20.5. The standard InChI is InChI=1S/C22H22N2O4/c1-4-27-21(25)14-28-20-9-6-17(7-10-20)12-18(13-23)22(26)24-19-8-5-15(2)16(3)11-19/h5-12H,4,14H2,1-3H3,(H,24,26)/b18-12+. The molecule has 6 nitrogen and oxygen atoms in total. The number of esters is 1. The number of carbonyl (C=O) groups is 2. The third kappa shape index (κ3) is 5.99. The third-order valence-corrected chi connectivity index (χ3v) is 3.98. The first-order chi connectivity index (χ1) is 13.4. The van der Waals surface area contributed by atoms with Crippen molar-refractivity contribution in [2.75, 3.05) is 18.5 Å². The lowest BCUT2D eigenvalue weighted by Crippen LogP contribution is -2.14. The van der Waals surface area contributed by atoms with Gasteiger partial charge in [0.1, 0.15) is 17.4 Å². The first kappa shape index (κ1) is 20.7. The topological polar surface area (TPSA) is 88.4 Å². The molecular weight excluding hydrogens is 356 g/mol. The Labute approximate surface area is 164 Å². The van der Waals surface area contributed by atoms with Gasteiger partial charge in [-0.2, -0.15) is 5.26 Å². The number of benzene rings is 2. The molecule has 0 radical (unpaired) electrons.